The van der Waals surface area contributed by atoms with Crippen molar-refractivity contribution in [1.29, 1.82) is 0 Å². The zero-order chi connectivity index (χ0) is 12.3. The van der Waals surface area contributed by atoms with Crippen LogP contribution in [0.5, 0.6) is 5.75 Å². The molecule has 2 aromatic rings. The third-order valence-electron chi connectivity index (χ3n) is 2.67. The first-order chi connectivity index (χ1) is 8.19. The van der Waals surface area contributed by atoms with Crippen LogP contribution in [0.3, 0.4) is 0 Å². The van der Waals surface area contributed by atoms with Gasteiger partial charge in [0.15, 0.2) is 0 Å². The summed E-state index contributed by atoms with van der Waals surface area (Å²) in [4.78, 5) is 4.16. The molecule has 1 aromatic heterocycles. The van der Waals surface area contributed by atoms with Gasteiger partial charge in [-0.25, -0.2) is 4.98 Å². The zero-order valence-electron chi connectivity index (χ0n) is 10.1. The Balaban J connectivity index is 2.27. The lowest BCUT2D eigenvalue weighted by Crippen LogP contribution is -1.99. The zero-order valence-corrected chi connectivity index (χ0v) is 10.1. The number of rotatable bonds is 3. The molecule has 0 spiro atoms. The van der Waals surface area contributed by atoms with Gasteiger partial charge in [0.2, 0.25) is 0 Å². The van der Waals surface area contributed by atoms with Crippen molar-refractivity contribution in [2.24, 2.45) is 0 Å². The molecule has 2 N–H and O–H groups in total. The fourth-order valence-electron chi connectivity index (χ4n) is 1.78. The van der Waals surface area contributed by atoms with Crippen LogP contribution in [0.2, 0.25) is 0 Å². The average Bonchev–Trinajstić information content (AvgIpc) is 2.34. The van der Waals surface area contributed by atoms with Crippen LogP contribution in [-0.4, -0.2) is 12.1 Å². The van der Waals surface area contributed by atoms with Gasteiger partial charge in [0, 0.05) is 12.6 Å². The van der Waals surface area contributed by atoms with E-state index in [4.69, 9.17) is 10.5 Å². The van der Waals surface area contributed by atoms with Crippen LogP contribution in [-0.2, 0) is 6.42 Å². The van der Waals surface area contributed by atoms with Crippen molar-refractivity contribution in [3.05, 3.63) is 53.2 Å². The number of nitrogens with two attached hydrogens (primary N) is 1. The molecule has 0 aliphatic carbocycles. The minimum atomic E-state index is 0.596. The Labute approximate surface area is 101 Å². The molecule has 17 heavy (non-hydrogen) atoms. The maximum absolute atomic E-state index is 5.87. The first-order valence-corrected chi connectivity index (χ1v) is 5.53. The number of pyridine rings is 1. The largest absolute Gasteiger partial charge is 0.497 e. The third-order valence-corrected chi connectivity index (χ3v) is 2.67. The van der Waals surface area contributed by atoms with Gasteiger partial charge in [0.1, 0.15) is 11.6 Å². The SMILES string of the molecule is COc1cccc(Cc2cc(C)cnc2N)c1. The van der Waals surface area contributed by atoms with E-state index in [1.807, 2.05) is 25.1 Å². The van der Waals surface area contributed by atoms with Crippen LogP contribution < -0.4 is 10.5 Å². The number of hydrogen-bond acceptors (Lipinski definition) is 3. The van der Waals surface area contributed by atoms with Crippen molar-refractivity contribution in [1.82, 2.24) is 4.98 Å². The van der Waals surface area contributed by atoms with E-state index in [9.17, 15) is 0 Å². The molecule has 88 valence electrons. The summed E-state index contributed by atoms with van der Waals surface area (Å²) in [5.41, 5.74) is 9.21. The molecule has 0 fully saturated rings. The van der Waals surface area contributed by atoms with Crippen molar-refractivity contribution in [2.75, 3.05) is 12.8 Å². The van der Waals surface area contributed by atoms with Gasteiger partial charge in [-0.05, 0) is 35.7 Å². The Bertz CT molecular complexity index is 523. The summed E-state index contributed by atoms with van der Waals surface area (Å²) < 4.78 is 5.20. The van der Waals surface area contributed by atoms with Crippen LogP contribution in [0.4, 0.5) is 5.82 Å². The fraction of sp³-hybridized carbons (Fsp3) is 0.214. The maximum Gasteiger partial charge on any atom is 0.126 e. The van der Waals surface area contributed by atoms with Gasteiger partial charge >= 0.3 is 0 Å². The number of anilines is 1. The van der Waals surface area contributed by atoms with Gasteiger partial charge in [-0.15, -0.1) is 0 Å². The van der Waals surface area contributed by atoms with Crippen molar-refractivity contribution >= 4 is 5.82 Å². The van der Waals surface area contributed by atoms with E-state index in [1.54, 1.807) is 13.3 Å². The summed E-state index contributed by atoms with van der Waals surface area (Å²) in [7, 11) is 1.67. The second-order valence-electron chi connectivity index (χ2n) is 4.09. The first kappa shape index (κ1) is 11.5. The predicted molar refractivity (Wildman–Crippen MR) is 69.2 cm³/mol. The molecule has 0 aliphatic rings. The Morgan fingerprint density at radius 2 is 2.12 bits per heavy atom. The van der Waals surface area contributed by atoms with Crippen molar-refractivity contribution in [3.8, 4) is 5.75 Å². The van der Waals surface area contributed by atoms with Gasteiger partial charge in [0.25, 0.3) is 0 Å². The fourth-order valence-corrected chi connectivity index (χ4v) is 1.78. The number of aryl methyl sites for hydroxylation is 1. The molecule has 3 nitrogen and oxygen atoms in total. The molecule has 3 heteroatoms. The van der Waals surface area contributed by atoms with E-state index >= 15 is 0 Å². The number of benzene rings is 1. The quantitative estimate of drug-likeness (QED) is 0.878. The normalized spacial score (nSPS) is 10.2. The Morgan fingerprint density at radius 3 is 2.88 bits per heavy atom. The predicted octanol–water partition coefficient (Wildman–Crippen LogP) is 2.57. The summed E-state index contributed by atoms with van der Waals surface area (Å²) in [6, 6.07) is 10.1. The number of ether oxygens (including phenoxy) is 1. The van der Waals surface area contributed by atoms with E-state index in [0.717, 1.165) is 23.3 Å². The van der Waals surface area contributed by atoms with Crippen LogP contribution in [0.25, 0.3) is 0 Å². The molecule has 0 saturated carbocycles. The molecule has 0 saturated heterocycles. The van der Waals surface area contributed by atoms with E-state index in [2.05, 4.69) is 17.1 Å². The van der Waals surface area contributed by atoms with E-state index in [0.29, 0.717) is 5.82 Å². The lowest BCUT2D eigenvalue weighted by molar-refractivity contribution is 0.414. The van der Waals surface area contributed by atoms with Crippen molar-refractivity contribution < 1.29 is 4.74 Å². The van der Waals surface area contributed by atoms with E-state index in [1.165, 1.54) is 5.56 Å². The molecule has 1 heterocycles. The molecule has 0 bridgehead atoms. The van der Waals surface area contributed by atoms with Gasteiger partial charge < -0.3 is 10.5 Å². The second-order valence-corrected chi connectivity index (χ2v) is 4.09. The second kappa shape index (κ2) is 4.87. The lowest BCUT2D eigenvalue weighted by Gasteiger charge is -2.07. The van der Waals surface area contributed by atoms with Crippen molar-refractivity contribution in [2.45, 2.75) is 13.3 Å². The molecule has 0 atom stereocenters. The lowest BCUT2D eigenvalue weighted by atomic mass is 10.0. The molecule has 0 amide bonds. The van der Waals surface area contributed by atoms with Crippen LogP contribution in [0, 0.1) is 6.92 Å². The number of nitrogens with zero attached hydrogens (tertiary/aromatic N) is 1. The Kier molecular flexibility index (Phi) is 3.28. The minimum Gasteiger partial charge on any atom is -0.497 e. The number of aromatic nitrogens is 1. The van der Waals surface area contributed by atoms with Crippen LogP contribution in [0.15, 0.2) is 36.5 Å². The monoisotopic (exact) mass is 228 g/mol. The Hall–Kier alpha value is -2.03. The summed E-state index contributed by atoms with van der Waals surface area (Å²) in [6.45, 7) is 2.02. The topological polar surface area (TPSA) is 48.1 Å². The summed E-state index contributed by atoms with van der Waals surface area (Å²) >= 11 is 0. The molecule has 0 radical (unpaired) electrons. The van der Waals surface area contributed by atoms with Crippen LogP contribution >= 0.6 is 0 Å². The highest BCUT2D eigenvalue weighted by atomic mass is 16.5. The Morgan fingerprint density at radius 1 is 1.29 bits per heavy atom. The van der Waals surface area contributed by atoms with E-state index in [-0.39, 0.29) is 0 Å². The van der Waals surface area contributed by atoms with Gasteiger partial charge in [-0.3, -0.25) is 0 Å². The number of nitrogen functional groups attached to an aromatic ring is 1. The highest BCUT2D eigenvalue weighted by Crippen LogP contribution is 2.19. The number of methoxy groups -OCH3 is 1. The molecule has 0 aliphatic heterocycles. The molecule has 2 rings (SSSR count). The number of hydrogen-bond donors (Lipinski definition) is 1. The summed E-state index contributed by atoms with van der Waals surface area (Å²) in [6.07, 6.45) is 2.56. The van der Waals surface area contributed by atoms with Crippen LogP contribution in [0.1, 0.15) is 16.7 Å². The highest BCUT2D eigenvalue weighted by molar-refractivity contribution is 5.44. The third kappa shape index (κ3) is 2.75. The molecular formula is C14H16N2O. The van der Waals surface area contributed by atoms with E-state index < -0.39 is 0 Å². The summed E-state index contributed by atoms with van der Waals surface area (Å²) in [5, 5.41) is 0. The minimum absolute atomic E-state index is 0.596. The molecular weight excluding hydrogens is 212 g/mol. The highest BCUT2D eigenvalue weighted by Gasteiger charge is 2.03. The summed E-state index contributed by atoms with van der Waals surface area (Å²) in [5.74, 6) is 1.46. The average molecular weight is 228 g/mol. The van der Waals surface area contributed by atoms with Crippen molar-refractivity contribution in [3.63, 3.8) is 0 Å². The maximum atomic E-state index is 5.87. The molecule has 1 aromatic carbocycles. The van der Waals surface area contributed by atoms with Gasteiger partial charge in [0.05, 0.1) is 7.11 Å². The van der Waals surface area contributed by atoms with Gasteiger partial charge in [-0.2, -0.15) is 0 Å². The smallest absolute Gasteiger partial charge is 0.126 e. The first-order valence-electron chi connectivity index (χ1n) is 5.53. The standard InChI is InChI=1S/C14H16N2O/c1-10-6-12(14(15)16-9-10)7-11-4-3-5-13(8-11)17-2/h3-6,8-9H,7H2,1-2H3,(H2,15,16). The molecule has 0 unspecified atom stereocenters. The van der Waals surface area contributed by atoms with Gasteiger partial charge in [-0.1, -0.05) is 18.2 Å².